The largest absolute Gasteiger partial charge is 0.368 e. The lowest BCUT2D eigenvalue weighted by atomic mass is 10.1. The van der Waals surface area contributed by atoms with Crippen LogP contribution < -0.4 is 16.8 Å². The molecule has 1 aromatic rings. The zero-order valence-corrected chi connectivity index (χ0v) is 13.8. The average molecular weight is 332 g/mol. The molecule has 0 spiro atoms. The number of hydrogen-bond donors (Lipinski definition) is 3. The SMILES string of the molecule is C[C@H](NC(=O)[C@@H]1CCCN1C(=O)[C@@H](N)Cc1ccccc1)C(N)=O. The van der Waals surface area contributed by atoms with Crippen LogP contribution in [0.3, 0.4) is 0 Å². The van der Waals surface area contributed by atoms with Crippen molar-refractivity contribution in [3.8, 4) is 0 Å². The lowest BCUT2D eigenvalue weighted by Gasteiger charge is -2.27. The van der Waals surface area contributed by atoms with Gasteiger partial charge in [-0.2, -0.15) is 0 Å². The van der Waals surface area contributed by atoms with E-state index >= 15 is 0 Å². The number of benzene rings is 1. The highest BCUT2D eigenvalue weighted by Crippen LogP contribution is 2.19. The molecule has 7 nitrogen and oxygen atoms in total. The van der Waals surface area contributed by atoms with Crippen LogP contribution in [0.15, 0.2) is 30.3 Å². The lowest BCUT2D eigenvalue weighted by molar-refractivity contribution is -0.140. The molecule has 0 radical (unpaired) electrons. The highest BCUT2D eigenvalue weighted by atomic mass is 16.2. The standard InChI is InChI=1S/C17H24N4O3/c1-11(15(19)22)20-16(23)14-8-5-9-21(14)17(24)13(18)10-12-6-3-2-4-7-12/h2-4,6-7,11,13-14H,5,8-10,18H2,1H3,(H2,19,22)(H,20,23)/t11-,13-,14-/m0/s1. The second kappa shape index (κ2) is 7.92. The number of rotatable bonds is 6. The number of amides is 3. The van der Waals surface area contributed by atoms with Gasteiger partial charge >= 0.3 is 0 Å². The van der Waals surface area contributed by atoms with E-state index < -0.39 is 24.0 Å². The van der Waals surface area contributed by atoms with E-state index in [1.807, 2.05) is 30.3 Å². The summed E-state index contributed by atoms with van der Waals surface area (Å²) in [5, 5.41) is 2.55. The van der Waals surface area contributed by atoms with Crippen molar-refractivity contribution in [2.24, 2.45) is 11.5 Å². The van der Waals surface area contributed by atoms with Crippen molar-refractivity contribution >= 4 is 17.7 Å². The van der Waals surface area contributed by atoms with Crippen molar-refractivity contribution < 1.29 is 14.4 Å². The Labute approximate surface area is 141 Å². The molecule has 130 valence electrons. The first-order valence-electron chi connectivity index (χ1n) is 8.10. The summed E-state index contributed by atoms with van der Waals surface area (Å²) in [4.78, 5) is 37.5. The highest BCUT2D eigenvalue weighted by molar-refractivity contribution is 5.93. The van der Waals surface area contributed by atoms with Crippen LogP contribution >= 0.6 is 0 Å². The third-order valence-electron chi connectivity index (χ3n) is 4.24. The second-order valence-corrected chi connectivity index (χ2v) is 6.12. The Kier molecular flexibility index (Phi) is 5.92. The summed E-state index contributed by atoms with van der Waals surface area (Å²) in [6.45, 7) is 2.01. The van der Waals surface area contributed by atoms with Gasteiger partial charge in [-0.15, -0.1) is 0 Å². The summed E-state index contributed by atoms with van der Waals surface area (Å²) >= 11 is 0. The zero-order valence-electron chi connectivity index (χ0n) is 13.8. The molecule has 1 saturated heterocycles. The van der Waals surface area contributed by atoms with Crippen LogP contribution in [0.2, 0.25) is 0 Å². The molecule has 1 fully saturated rings. The number of primary amides is 1. The van der Waals surface area contributed by atoms with Gasteiger partial charge in [-0.3, -0.25) is 14.4 Å². The van der Waals surface area contributed by atoms with E-state index in [-0.39, 0.29) is 11.8 Å². The van der Waals surface area contributed by atoms with Gasteiger partial charge in [0.2, 0.25) is 17.7 Å². The fourth-order valence-electron chi connectivity index (χ4n) is 2.85. The van der Waals surface area contributed by atoms with Crippen molar-refractivity contribution in [2.75, 3.05) is 6.54 Å². The number of carbonyl (C=O) groups is 3. The molecule has 3 amide bonds. The molecular formula is C17H24N4O3. The van der Waals surface area contributed by atoms with E-state index in [1.165, 1.54) is 11.8 Å². The molecule has 0 unspecified atom stereocenters. The van der Waals surface area contributed by atoms with Crippen molar-refractivity contribution in [3.05, 3.63) is 35.9 Å². The Morgan fingerprint density at radius 3 is 2.58 bits per heavy atom. The predicted molar refractivity (Wildman–Crippen MR) is 89.7 cm³/mol. The number of carbonyl (C=O) groups excluding carboxylic acids is 3. The summed E-state index contributed by atoms with van der Waals surface area (Å²) in [5.41, 5.74) is 12.2. The van der Waals surface area contributed by atoms with Crippen LogP contribution in [0.25, 0.3) is 0 Å². The van der Waals surface area contributed by atoms with Gasteiger partial charge in [-0.25, -0.2) is 0 Å². The quantitative estimate of drug-likeness (QED) is 0.653. The molecule has 24 heavy (non-hydrogen) atoms. The topological polar surface area (TPSA) is 119 Å². The zero-order chi connectivity index (χ0) is 17.7. The first kappa shape index (κ1) is 17.9. The summed E-state index contributed by atoms with van der Waals surface area (Å²) in [7, 11) is 0. The van der Waals surface area contributed by atoms with Crippen LogP contribution in [0, 0.1) is 0 Å². The molecule has 1 aliphatic heterocycles. The van der Waals surface area contributed by atoms with Crippen LogP contribution in [0.5, 0.6) is 0 Å². The van der Waals surface area contributed by atoms with Crippen LogP contribution in [0.1, 0.15) is 25.3 Å². The maximum Gasteiger partial charge on any atom is 0.243 e. The first-order valence-corrected chi connectivity index (χ1v) is 8.10. The molecule has 7 heteroatoms. The van der Waals surface area contributed by atoms with Crippen LogP contribution in [-0.2, 0) is 20.8 Å². The summed E-state index contributed by atoms with van der Waals surface area (Å²) in [6, 6.07) is 7.44. The third kappa shape index (κ3) is 4.32. The number of likely N-dealkylation sites (tertiary alicyclic amines) is 1. The molecule has 0 aromatic heterocycles. The average Bonchev–Trinajstić information content (AvgIpc) is 3.04. The Morgan fingerprint density at radius 2 is 1.96 bits per heavy atom. The molecular weight excluding hydrogens is 308 g/mol. The maximum absolute atomic E-state index is 12.6. The van der Waals surface area contributed by atoms with Crippen molar-refractivity contribution in [1.82, 2.24) is 10.2 Å². The molecule has 1 aliphatic rings. The highest BCUT2D eigenvalue weighted by Gasteiger charge is 2.36. The van der Waals surface area contributed by atoms with Crippen LogP contribution in [-0.4, -0.2) is 47.3 Å². The molecule has 3 atom stereocenters. The molecule has 1 aromatic carbocycles. The minimum absolute atomic E-state index is 0.247. The van der Waals surface area contributed by atoms with E-state index in [0.717, 1.165) is 12.0 Å². The van der Waals surface area contributed by atoms with Gasteiger partial charge in [0.05, 0.1) is 6.04 Å². The number of hydrogen-bond acceptors (Lipinski definition) is 4. The molecule has 0 saturated carbocycles. The molecule has 0 aliphatic carbocycles. The fraction of sp³-hybridized carbons (Fsp3) is 0.471. The number of nitrogens with one attached hydrogen (secondary N) is 1. The Balaban J connectivity index is 1.99. The first-order chi connectivity index (χ1) is 11.4. The minimum atomic E-state index is -0.770. The minimum Gasteiger partial charge on any atom is -0.368 e. The smallest absolute Gasteiger partial charge is 0.243 e. The van der Waals surface area contributed by atoms with Crippen LogP contribution in [0.4, 0.5) is 0 Å². The summed E-state index contributed by atoms with van der Waals surface area (Å²) in [6.07, 6.45) is 1.70. The Hall–Kier alpha value is -2.41. The predicted octanol–water partition coefficient (Wildman–Crippen LogP) is -0.463. The summed E-state index contributed by atoms with van der Waals surface area (Å²) in [5.74, 6) is -1.22. The van der Waals surface area contributed by atoms with Gasteiger partial charge in [-0.1, -0.05) is 30.3 Å². The van der Waals surface area contributed by atoms with Gasteiger partial charge in [0.25, 0.3) is 0 Å². The van der Waals surface area contributed by atoms with Gasteiger partial charge in [0, 0.05) is 6.54 Å². The normalized spacial score (nSPS) is 19.6. The van der Waals surface area contributed by atoms with E-state index in [0.29, 0.717) is 19.4 Å². The lowest BCUT2D eigenvalue weighted by Crippen LogP contribution is -2.54. The van der Waals surface area contributed by atoms with E-state index in [1.54, 1.807) is 0 Å². The van der Waals surface area contributed by atoms with E-state index in [4.69, 9.17) is 11.5 Å². The molecule has 1 heterocycles. The van der Waals surface area contributed by atoms with Crippen molar-refractivity contribution in [3.63, 3.8) is 0 Å². The third-order valence-corrected chi connectivity index (χ3v) is 4.24. The van der Waals surface area contributed by atoms with Gasteiger partial charge in [-0.05, 0) is 31.7 Å². The molecule has 5 N–H and O–H groups in total. The molecule has 2 rings (SSSR count). The van der Waals surface area contributed by atoms with Gasteiger partial charge < -0.3 is 21.7 Å². The van der Waals surface area contributed by atoms with Gasteiger partial charge in [0.15, 0.2) is 0 Å². The van der Waals surface area contributed by atoms with E-state index in [9.17, 15) is 14.4 Å². The number of nitrogens with zero attached hydrogens (tertiary/aromatic N) is 1. The Morgan fingerprint density at radius 1 is 1.29 bits per heavy atom. The fourth-order valence-corrected chi connectivity index (χ4v) is 2.85. The Bertz CT molecular complexity index is 605. The summed E-state index contributed by atoms with van der Waals surface area (Å²) < 4.78 is 0. The molecule has 0 bridgehead atoms. The van der Waals surface area contributed by atoms with Crippen molar-refractivity contribution in [2.45, 2.75) is 44.3 Å². The monoisotopic (exact) mass is 332 g/mol. The second-order valence-electron chi connectivity index (χ2n) is 6.12. The maximum atomic E-state index is 12.6. The van der Waals surface area contributed by atoms with Gasteiger partial charge in [0.1, 0.15) is 12.1 Å². The number of nitrogens with two attached hydrogens (primary N) is 2. The van der Waals surface area contributed by atoms with Crippen molar-refractivity contribution in [1.29, 1.82) is 0 Å². The van der Waals surface area contributed by atoms with E-state index in [2.05, 4.69) is 5.32 Å².